The molecule has 31 heavy (non-hydrogen) atoms. The summed E-state index contributed by atoms with van der Waals surface area (Å²) in [7, 11) is 3.23. The number of amides is 4. The Hall–Kier alpha value is -3.34. The van der Waals surface area contributed by atoms with E-state index in [0.717, 1.165) is 37.6 Å². The monoisotopic (exact) mass is 429 g/mol. The van der Waals surface area contributed by atoms with Crippen molar-refractivity contribution in [3.05, 3.63) is 24.3 Å². The summed E-state index contributed by atoms with van der Waals surface area (Å²) in [5, 5.41) is 2.31. The Bertz CT molecular complexity index is 895. The molecule has 11 nitrogen and oxygen atoms in total. The number of anilines is 1. The van der Waals surface area contributed by atoms with Crippen LogP contribution in [0.15, 0.2) is 29.3 Å². The van der Waals surface area contributed by atoms with E-state index in [1.807, 2.05) is 24.3 Å². The molecule has 0 saturated carbocycles. The minimum atomic E-state index is -0.745. The lowest BCUT2D eigenvalue weighted by Crippen LogP contribution is -2.64. The lowest BCUT2D eigenvalue weighted by molar-refractivity contribution is -0.128. The highest BCUT2D eigenvalue weighted by Gasteiger charge is 2.48. The molecule has 1 aromatic carbocycles. The van der Waals surface area contributed by atoms with Gasteiger partial charge in [0.2, 0.25) is 5.91 Å². The third-order valence-corrected chi connectivity index (χ3v) is 5.95. The first kappa shape index (κ1) is 20.9. The molecule has 166 valence electrons. The van der Waals surface area contributed by atoms with Gasteiger partial charge in [-0.25, -0.2) is 9.79 Å². The second kappa shape index (κ2) is 8.42. The summed E-state index contributed by atoms with van der Waals surface area (Å²) in [5.74, 6) is 0.413. The highest BCUT2D eigenvalue weighted by molar-refractivity contribution is 6.05. The molecule has 11 heteroatoms. The smallest absolute Gasteiger partial charge is 0.325 e. The van der Waals surface area contributed by atoms with Crippen molar-refractivity contribution < 1.29 is 19.1 Å². The summed E-state index contributed by atoms with van der Waals surface area (Å²) in [6.45, 7) is 3.62. The van der Waals surface area contributed by atoms with E-state index >= 15 is 0 Å². The topological polar surface area (TPSA) is 124 Å². The number of aliphatic imine (C=N–C) groups is 1. The number of methoxy groups -OCH3 is 1. The van der Waals surface area contributed by atoms with Crippen molar-refractivity contribution in [2.24, 2.45) is 10.7 Å². The summed E-state index contributed by atoms with van der Waals surface area (Å²) < 4.78 is 5.22. The number of nitrogens with zero attached hydrogens (tertiary/aromatic N) is 5. The molecule has 0 radical (unpaired) electrons. The zero-order valence-electron chi connectivity index (χ0n) is 17.7. The molecule has 4 amide bonds. The van der Waals surface area contributed by atoms with E-state index < -0.39 is 30.1 Å². The van der Waals surface area contributed by atoms with Gasteiger partial charge in [-0.2, -0.15) is 0 Å². The molecule has 2 fully saturated rings. The molecule has 3 N–H and O–H groups in total. The van der Waals surface area contributed by atoms with Crippen molar-refractivity contribution >= 4 is 29.4 Å². The normalized spacial score (nSPS) is 24.1. The van der Waals surface area contributed by atoms with Gasteiger partial charge in [0.05, 0.1) is 20.2 Å². The molecule has 0 spiro atoms. The van der Waals surface area contributed by atoms with Gasteiger partial charge in [-0.15, -0.1) is 0 Å². The Morgan fingerprint density at radius 3 is 2.48 bits per heavy atom. The zero-order chi connectivity index (χ0) is 22.1. The van der Waals surface area contributed by atoms with Gasteiger partial charge in [-0.05, 0) is 24.3 Å². The van der Waals surface area contributed by atoms with Crippen molar-refractivity contribution in [2.75, 3.05) is 58.3 Å². The van der Waals surface area contributed by atoms with Crippen molar-refractivity contribution in [2.45, 2.75) is 12.2 Å². The van der Waals surface area contributed by atoms with Crippen LogP contribution < -0.4 is 20.7 Å². The number of imide groups is 1. The molecule has 3 heterocycles. The van der Waals surface area contributed by atoms with Gasteiger partial charge in [0.1, 0.15) is 11.6 Å². The molecule has 2 unspecified atom stereocenters. The number of carbonyl (C=O) groups excluding carboxylic acids is 3. The molecular weight excluding hydrogens is 402 g/mol. The number of primary amides is 1. The van der Waals surface area contributed by atoms with Crippen LogP contribution in [-0.4, -0.2) is 104 Å². The molecule has 0 aliphatic carbocycles. The second-order valence-electron chi connectivity index (χ2n) is 7.86. The van der Waals surface area contributed by atoms with Crippen molar-refractivity contribution in [1.82, 2.24) is 20.0 Å². The predicted molar refractivity (Wildman–Crippen MR) is 114 cm³/mol. The predicted octanol–water partition coefficient (Wildman–Crippen LogP) is -1.11. The summed E-state index contributed by atoms with van der Waals surface area (Å²) in [6.07, 6.45) is -0.656. The van der Waals surface area contributed by atoms with E-state index in [2.05, 4.69) is 20.1 Å². The van der Waals surface area contributed by atoms with Crippen LogP contribution in [0, 0.1) is 0 Å². The van der Waals surface area contributed by atoms with E-state index in [1.165, 1.54) is 4.90 Å². The number of ether oxygens (including phenoxy) is 1. The van der Waals surface area contributed by atoms with Gasteiger partial charge in [0, 0.05) is 38.9 Å². The Labute approximate surface area is 180 Å². The number of rotatable bonds is 6. The van der Waals surface area contributed by atoms with E-state index in [9.17, 15) is 14.4 Å². The standard InChI is InChI=1S/C20H27N7O4/c1-24-18-17(19(29)23-20(24)30)27(11-15(21)28)16(22-18)12-25-7-9-26(10-8-25)13-3-5-14(31-2)6-4-13/h3-6,17-18H,7-12H2,1-2H3,(H2,21,28)(H,23,29,30). The fraction of sp³-hybridized carbons (Fsp3) is 0.500. The quantitative estimate of drug-likeness (QED) is 0.588. The SMILES string of the molecule is COc1ccc(N2CCN(CC3=NC4C(C(=O)NC(=O)N4C)N3CC(N)=O)CC2)cc1. The first-order valence-electron chi connectivity index (χ1n) is 10.2. The van der Waals surface area contributed by atoms with Gasteiger partial charge >= 0.3 is 6.03 Å². The average Bonchev–Trinajstić information content (AvgIpc) is 3.10. The lowest BCUT2D eigenvalue weighted by Gasteiger charge is -2.38. The van der Waals surface area contributed by atoms with Crippen LogP contribution >= 0.6 is 0 Å². The van der Waals surface area contributed by atoms with Crippen LogP contribution in [0.5, 0.6) is 5.75 Å². The highest BCUT2D eigenvalue weighted by Crippen LogP contribution is 2.25. The largest absolute Gasteiger partial charge is 0.497 e. The third-order valence-electron chi connectivity index (χ3n) is 5.95. The molecule has 3 aliphatic rings. The number of urea groups is 1. The Balaban J connectivity index is 1.43. The number of amidine groups is 1. The maximum absolute atomic E-state index is 12.5. The second-order valence-corrected chi connectivity index (χ2v) is 7.86. The van der Waals surface area contributed by atoms with Crippen molar-refractivity contribution in [1.29, 1.82) is 0 Å². The van der Waals surface area contributed by atoms with Crippen molar-refractivity contribution in [3.8, 4) is 5.75 Å². The number of likely N-dealkylation sites (N-methyl/N-ethyl adjacent to an activating group) is 1. The van der Waals surface area contributed by atoms with Gasteiger partial charge < -0.3 is 25.2 Å². The molecular formula is C20H27N7O4. The van der Waals surface area contributed by atoms with Crippen LogP contribution in [0.25, 0.3) is 0 Å². The molecule has 0 aromatic heterocycles. The van der Waals surface area contributed by atoms with E-state index in [4.69, 9.17) is 10.5 Å². The maximum atomic E-state index is 12.5. The van der Waals surface area contributed by atoms with E-state index in [1.54, 1.807) is 19.1 Å². The highest BCUT2D eigenvalue weighted by atomic mass is 16.5. The lowest BCUT2D eigenvalue weighted by atomic mass is 10.1. The van der Waals surface area contributed by atoms with Crippen LogP contribution in [0.2, 0.25) is 0 Å². The van der Waals surface area contributed by atoms with Gasteiger partial charge in [0.25, 0.3) is 5.91 Å². The number of hydrogen-bond donors (Lipinski definition) is 2. The van der Waals surface area contributed by atoms with Gasteiger partial charge in [-0.1, -0.05) is 0 Å². The summed E-state index contributed by atoms with van der Waals surface area (Å²) in [6, 6.07) is 6.73. The molecule has 2 atom stereocenters. The minimum Gasteiger partial charge on any atom is -0.497 e. The first-order chi connectivity index (χ1) is 14.9. The average molecular weight is 429 g/mol. The van der Waals surface area contributed by atoms with Crippen LogP contribution in [-0.2, 0) is 9.59 Å². The number of hydrogen-bond acceptors (Lipinski definition) is 8. The maximum Gasteiger partial charge on any atom is 0.325 e. The summed E-state index contributed by atoms with van der Waals surface area (Å²) >= 11 is 0. The van der Waals surface area contributed by atoms with E-state index in [-0.39, 0.29) is 6.54 Å². The molecule has 2 saturated heterocycles. The number of fused-ring (bicyclic) bond motifs is 1. The Kier molecular flexibility index (Phi) is 5.68. The van der Waals surface area contributed by atoms with E-state index in [0.29, 0.717) is 12.4 Å². The summed E-state index contributed by atoms with van der Waals surface area (Å²) in [4.78, 5) is 48.2. The molecule has 1 aromatic rings. The van der Waals surface area contributed by atoms with Crippen LogP contribution in [0.3, 0.4) is 0 Å². The molecule has 0 bridgehead atoms. The van der Waals surface area contributed by atoms with Gasteiger partial charge in [-0.3, -0.25) is 19.8 Å². The van der Waals surface area contributed by atoms with Gasteiger partial charge in [0.15, 0.2) is 12.2 Å². The fourth-order valence-electron chi connectivity index (χ4n) is 4.23. The van der Waals surface area contributed by atoms with Crippen LogP contribution in [0.1, 0.15) is 0 Å². The number of piperazine rings is 1. The zero-order valence-corrected chi connectivity index (χ0v) is 17.7. The molecule has 3 aliphatic heterocycles. The Morgan fingerprint density at radius 1 is 1.19 bits per heavy atom. The number of nitrogens with two attached hydrogens (primary N) is 1. The number of nitrogens with one attached hydrogen (secondary N) is 1. The first-order valence-corrected chi connectivity index (χ1v) is 10.2. The number of carbonyl (C=O) groups is 3. The molecule has 4 rings (SSSR count). The van der Waals surface area contributed by atoms with Crippen LogP contribution in [0.4, 0.5) is 10.5 Å². The van der Waals surface area contributed by atoms with Crippen molar-refractivity contribution in [3.63, 3.8) is 0 Å². The Morgan fingerprint density at radius 2 is 1.87 bits per heavy atom. The number of benzene rings is 1. The third kappa shape index (κ3) is 4.13. The fourth-order valence-corrected chi connectivity index (χ4v) is 4.23. The minimum absolute atomic E-state index is 0.124. The summed E-state index contributed by atoms with van der Waals surface area (Å²) in [5.41, 5.74) is 6.56.